The second-order valence-electron chi connectivity index (χ2n) is 7.90. The Morgan fingerprint density at radius 3 is 2.47 bits per heavy atom. The van der Waals surface area contributed by atoms with Crippen LogP contribution >= 0.6 is 11.3 Å². The number of hydrogen-bond acceptors (Lipinski definition) is 6. The molecular weight excluding hydrogens is 400 g/mol. The number of nitrogens with one attached hydrogen (secondary N) is 1. The normalized spacial score (nSPS) is 19.9. The lowest BCUT2D eigenvalue weighted by atomic mass is 9.95. The summed E-state index contributed by atoms with van der Waals surface area (Å²) in [5.74, 6) is 0.896. The predicted octanol–water partition coefficient (Wildman–Crippen LogP) is 4.78. The van der Waals surface area contributed by atoms with E-state index in [4.69, 9.17) is 9.47 Å². The van der Waals surface area contributed by atoms with Gasteiger partial charge in [-0.15, -0.1) is 11.3 Å². The fourth-order valence-corrected chi connectivity index (χ4v) is 5.22. The van der Waals surface area contributed by atoms with E-state index in [1.54, 1.807) is 6.07 Å². The van der Waals surface area contributed by atoms with Gasteiger partial charge in [0.05, 0.1) is 5.57 Å². The summed E-state index contributed by atoms with van der Waals surface area (Å²) in [4.78, 5) is 29.3. The third-order valence-corrected chi connectivity index (χ3v) is 6.85. The fourth-order valence-electron chi connectivity index (χ4n) is 4.46. The standard InChI is InChI=1S/C23H24N2O4S/c26-22-20(19-9-6-12-30-19)21(24-15-10-11-17-18(13-15)29-14-28-17)23(27)25(22)16-7-4-2-1-3-5-8-16/h6,9-13,16,24H,1-5,7-8,14H2. The van der Waals surface area contributed by atoms with E-state index in [1.165, 1.54) is 35.5 Å². The van der Waals surface area contributed by atoms with E-state index >= 15 is 0 Å². The first-order valence-electron chi connectivity index (χ1n) is 10.5. The number of thiophene rings is 1. The van der Waals surface area contributed by atoms with Crippen LogP contribution in [0.1, 0.15) is 49.8 Å². The SMILES string of the molecule is O=C1C(Nc2ccc3c(c2)OCO3)=C(c2cccs2)C(=O)N1C1CCCCCCC1. The lowest BCUT2D eigenvalue weighted by Gasteiger charge is -2.28. The summed E-state index contributed by atoms with van der Waals surface area (Å²) in [6.45, 7) is 0.189. The fraction of sp³-hybridized carbons (Fsp3) is 0.391. The zero-order valence-corrected chi connectivity index (χ0v) is 17.5. The number of ether oxygens (including phenoxy) is 2. The van der Waals surface area contributed by atoms with Gasteiger partial charge < -0.3 is 14.8 Å². The van der Waals surface area contributed by atoms with Crippen molar-refractivity contribution in [2.75, 3.05) is 12.1 Å². The smallest absolute Gasteiger partial charge is 0.278 e. The molecule has 1 fully saturated rings. The van der Waals surface area contributed by atoms with Crippen molar-refractivity contribution in [3.63, 3.8) is 0 Å². The van der Waals surface area contributed by atoms with Crippen LogP contribution in [0.5, 0.6) is 11.5 Å². The van der Waals surface area contributed by atoms with Crippen molar-refractivity contribution in [1.82, 2.24) is 4.90 Å². The maximum Gasteiger partial charge on any atom is 0.278 e. The number of anilines is 1. The average molecular weight is 425 g/mol. The number of carbonyl (C=O) groups excluding carboxylic acids is 2. The van der Waals surface area contributed by atoms with E-state index in [1.807, 2.05) is 29.6 Å². The molecule has 3 aliphatic rings. The largest absolute Gasteiger partial charge is 0.454 e. The van der Waals surface area contributed by atoms with Crippen molar-refractivity contribution in [3.8, 4) is 11.5 Å². The van der Waals surface area contributed by atoms with Gasteiger partial charge in [0.1, 0.15) is 5.70 Å². The topological polar surface area (TPSA) is 67.9 Å². The quantitative estimate of drug-likeness (QED) is 0.716. The average Bonchev–Trinajstić information content (AvgIpc) is 3.44. The van der Waals surface area contributed by atoms with Crippen LogP contribution in [0.4, 0.5) is 5.69 Å². The molecule has 0 atom stereocenters. The molecule has 1 aromatic heterocycles. The summed E-state index contributed by atoms with van der Waals surface area (Å²) in [5, 5.41) is 5.15. The minimum Gasteiger partial charge on any atom is -0.454 e. The minimum atomic E-state index is -0.230. The van der Waals surface area contributed by atoms with Crippen molar-refractivity contribution < 1.29 is 19.1 Å². The van der Waals surface area contributed by atoms with E-state index in [2.05, 4.69) is 5.32 Å². The van der Waals surface area contributed by atoms with Gasteiger partial charge in [0.15, 0.2) is 11.5 Å². The van der Waals surface area contributed by atoms with E-state index in [9.17, 15) is 9.59 Å². The molecule has 30 heavy (non-hydrogen) atoms. The summed E-state index contributed by atoms with van der Waals surface area (Å²) in [7, 11) is 0. The Kier molecular flexibility index (Phi) is 5.21. The molecule has 0 bridgehead atoms. The number of hydrogen-bond donors (Lipinski definition) is 1. The molecule has 1 saturated carbocycles. The van der Waals surface area contributed by atoms with Crippen LogP contribution in [-0.4, -0.2) is 29.5 Å². The van der Waals surface area contributed by atoms with Gasteiger partial charge in [0.2, 0.25) is 6.79 Å². The Bertz CT molecular complexity index is 991. The van der Waals surface area contributed by atoms with Crippen LogP contribution in [0, 0.1) is 0 Å². The van der Waals surface area contributed by atoms with E-state index < -0.39 is 0 Å². The Morgan fingerprint density at radius 1 is 0.933 bits per heavy atom. The van der Waals surface area contributed by atoms with Crippen molar-refractivity contribution in [3.05, 3.63) is 46.3 Å². The van der Waals surface area contributed by atoms with Gasteiger partial charge in [-0.25, -0.2) is 0 Å². The predicted molar refractivity (Wildman–Crippen MR) is 115 cm³/mol. The summed E-state index contributed by atoms with van der Waals surface area (Å²) >= 11 is 1.47. The first kappa shape index (κ1) is 19.2. The maximum atomic E-state index is 13.5. The maximum absolute atomic E-state index is 13.5. The van der Waals surface area contributed by atoms with E-state index in [0.29, 0.717) is 28.5 Å². The number of carbonyl (C=O) groups is 2. The highest BCUT2D eigenvalue weighted by atomic mass is 32.1. The Morgan fingerprint density at radius 2 is 1.70 bits per heavy atom. The second-order valence-corrected chi connectivity index (χ2v) is 8.85. The molecule has 156 valence electrons. The molecule has 2 amide bonds. The molecule has 5 rings (SSSR count). The third kappa shape index (κ3) is 3.47. The van der Waals surface area contributed by atoms with Gasteiger partial charge in [-0.05, 0) is 36.4 Å². The lowest BCUT2D eigenvalue weighted by molar-refractivity contribution is -0.139. The van der Waals surface area contributed by atoms with Crippen LogP contribution in [0.15, 0.2) is 41.4 Å². The molecule has 6 nitrogen and oxygen atoms in total. The number of amides is 2. The molecule has 7 heteroatoms. The number of nitrogens with zero attached hydrogens (tertiary/aromatic N) is 1. The number of fused-ring (bicyclic) bond motifs is 1. The summed E-state index contributed by atoms with van der Waals surface area (Å²) < 4.78 is 10.8. The number of imide groups is 1. The molecule has 2 aliphatic heterocycles. The zero-order chi connectivity index (χ0) is 20.5. The summed E-state index contributed by atoms with van der Waals surface area (Å²) in [5.41, 5.74) is 1.52. The van der Waals surface area contributed by atoms with Crippen LogP contribution in [0.3, 0.4) is 0 Å². The van der Waals surface area contributed by atoms with Gasteiger partial charge in [-0.2, -0.15) is 0 Å². The second kappa shape index (κ2) is 8.14. The van der Waals surface area contributed by atoms with Gasteiger partial charge in [0, 0.05) is 22.7 Å². The molecule has 2 aromatic rings. The molecular formula is C23H24N2O4S. The van der Waals surface area contributed by atoms with Crippen LogP contribution in [0.2, 0.25) is 0 Å². The van der Waals surface area contributed by atoms with Crippen molar-refractivity contribution in [1.29, 1.82) is 0 Å². The van der Waals surface area contributed by atoms with Gasteiger partial charge in [0.25, 0.3) is 11.8 Å². The minimum absolute atomic E-state index is 0.0312. The van der Waals surface area contributed by atoms with Gasteiger partial charge >= 0.3 is 0 Å². The third-order valence-electron chi connectivity index (χ3n) is 5.96. The molecule has 0 radical (unpaired) electrons. The summed E-state index contributed by atoms with van der Waals surface area (Å²) in [6, 6.07) is 9.22. The first-order chi connectivity index (χ1) is 14.7. The monoisotopic (exact) mass is 424 g/mol. The van der Waals surface area contributed by atoms with E-state index in [0.717, 1.165) is 30.6 Å². The van der Waals surface area contributed by atoms with Crippen molar-refractivity contribution in [2.24, 2.45) is 0 Å². The Balaban J connectivity index is 1.48. The van der Waals surface area contributed by atoms with Gasteiger partial charge in [-0.1, -0.05) is 38.2 Å². The molecule has 0 saturated heterocycles. The first-order valence-corrected chi connectivity index (χ1v) is 11.4. The molecule has 1 aliphatic carbocycles. The highest BCUT2D eigenvalue weighted by molar-refractivity contribution is 7.11. The number of benzene rings is 1. The number of rotatable bonds is 4. The highest BCUT2D eigenvalue weighted by Crippen LogP contribution is 2.38. The highest BCUT2D eigenvalue weighted by Gasteiger charge is 2.43. The van der Waals surface area contributed by atoms with Crippen molar-refractivity contribution in [2.45, 2.75) is 51.0 Å². The van der Waals surface area contributed by atoms with Crippen LogP contribution < -0.4 is 14.8 Å². The Hall–Kier alpha value is -2.80. The Labute approximate surface area is 179 Å². The van der Waals surface area contributed by atoms with Crippen LogP contribution in [-0.2, 0) is 9.59 Å². The summed E-state index contributed by atoms with van der Waals surface area (Å²) in [6.07, 6.45) is 7.45. The molecule has 0 spiro atoms. The lowest BCUT2D eigenvalue weighted by Crippen LogP contribution is -2.41. The molecule has 1 N–H and O–H groups in total. The van der Waals surface area contributed by atoms with Crippen molar-refractivity contribution >= 4 is 34.4 Å². The zero-order valence-electron chi connectivity index (χ0n) is 16.7. The molecule has 0 unspecified atom stereocenters. The van der Waals surface area contributed by atoms with Crippen LogP contribution in [0.25, 0.3) is 5.57 Å². The molecule has 3 heterocycles. The van der Waals surface area contributed by atoms with Gasteiger partial charge in [-0.3, -0.25) is 14.5 Å². The van der Waals surface area contributed by atoms with E-state index in [-0.39, 0.29) is 24.6 Å². The molecule has 1 aromatic carbocycles.